The minimum atomic E-state index is 0.557. The van der Waals surface area contributed by atoms with Crippen LogP contribution in [0.4, 0.5) is 11.4 Å². The van der Waals surface area contributed by atoms with Gasteiger partial charge in [0.05, 0.1) is 0 Å². The summed E-state index contributed by atoms with van der Waals surface area (Å²) in [4.78, 5) is 0. The van der Waals surface area contributed by atoms with E-state index in [9.17, 15) is 0 Å². The number of rotatable bonds is 5. The van der Waals surface area contributed by atoms with E-state index in [1.54, 1.807) is 0 Å². The Kier molecular flexibility index (Phi) is 4.86. The summed E-state index contributed by atoms with van der Waals surface area (Å²) >= 11 is 3.52. The quantitative estimate of drug-likeness (QED) is 0.788. The van der Waals surface area contributed by atoms with Gasteiger partial charge in [0.1, 0.15) is 0 Å². The Morgan fingerprint density at radius 2 is 1.89 bits per heavy atom. The molecule has 0 aliphatic heterocycles. The summed E-state index contributed by atoms with van der Waals surface area (Å²) in [6, 6.07) is 16.4. The molecule has 0 amide bonds. The largest absolute Gasteiger partial charge is 0.399 e. The third-order valence-corrected chi connectivity index (χ3v) is 3.91. The summed E-state index contributed by atoms with van der Waals surface area (Å²) in [5.41, 5.74) is 8.98. The van der Waals surface area contributed by atoms with Crippen LogP contribution in [-0.2, 0) is 0 Å². The topological polar surface area (TPSA) is 38.0 Å². The van der Waals surface area contributed by atoms with Gasteiger partial charge in [0.2, 0.25) is 0 Å². The van der Waals surface area contributed by atoms with E-state index in [0.29, 0.717) is 5.92 Å². The zero-order chi connectivity index (χ0) is 13.7. The van der Waals surface area contributed by atoms with Crippen molar-refractivity contribution in [3.05, 3.63) is 58.6 Å². The number of nitrogens with two attached hydrogens (primary N) is 1. The molecule has 100 valence electrons. The van der Waals surface area contributed by atoms with Crippen LogP contribution in [0.1, 0.15) is 24.8 Å². The Labute approximate surface area is 123 Å². The first-order valence-electron chi connectivity index (χ1n) is 6.50. The maximum Gasteiger partial charge on any atom is 0.0486 e. The molecule has 2 aromatic rings. The number of nitrogen functional groups attached to an aromatic ring is 1. The lowest BCUT2D eigenvalue weighted by Crippen LogP contribution is -2.06. The lowest BCUT2D eigenvalue weighted by molar-refractivity contribution is 0.706. The third kappa shape index (κ3) is 4.00. The molecular weight excluding hydrogens is 300 g/mol. The molecule has 19 heavy (non-hydrogen) atoms. The average molecular weight is 319 g/mol. The molecule has 1 unspecified atom stereocenters. The summed E-state index contributed by atoms with van der Waals surface area (Å²) < 4.78 is 1.01. The maximum absolute atomic E-state index is 5.72. The molecule has 3 N–H and O–H groups in total. The maximum atomic E-state index is 5.72. The first-order valence-corrected chi connectivity index (χ1v) is 7.30. The predicted octanol–water partition coefficient (Wildman–Crippen LogP) is 4.64. The predicted molar refractivity (Wildman–Crippen MR) is 86.5 cm³/mol. The third-order valence-electron chi connectivity index (χ3n) is 3.25. The first kappa shape index (κ1) is 13.9. The molecule has 0 aliphatic carbocycles. The van der Waals surface area contributed by atoms with Crippen LogP contribution in [0.3, 0.4) is 0 Å². The molecule has 0 aromatic heterocycles. The highest BCUT2D eigenvalue weighted by atomic mass is 79.9. The monoisotopic (exact) mass is 318 g/mol. The van der Waals surface area contributed by atoms with E-state index in [2.05, 4.69) is 58.5 Å². The van der Waals surface area contributed by atoms with Gasteiger partial charge < -0.3 is 11.1 Å². The molecule has 2 rings (SSSR count). The van der Waals surface area contributed by atoms with Crippen LogP contribution in [0.25, 0.3) is 0 Å². The highest BCUT2D eigenvalue weighted by molar-refractivity contribution is 9.10. The number of benzene rings is 2. The fraction of sp³-hybridized carbons (Fsp3) is 0.250. The Hall–Kier alpha value is -1.48. The van der Waals surface area contributed by atoms with Crippen LogP contribution in [-0.4, -0.2) is 6.54 Å². The van der Waals surface area contributed by atoms with E-state index in [4.69, 9.17) is 5.73 Å². The van der Waals surface area contributed by atoms with E-state index in [1.165, 1.54) is 5.56 Å². The second-order valence-electron chi connectivity index (χ2n) is 4.77. The zero-order valence-corrected chi connectivity index (χ0v) is 12.7. The van der Waals surface area contributed by atoms with Crippen molar-refractivity contribution in [1.82, 2.24) is 0 Å². The van der Waals surface area contributed by atoms with Crippen molar-refractivity contribution >= 4 is 27.3 Å². The Morgan fingerprint density at radius 3 is 2.58 bits per heavy atom. The van der Waals surface area contributed by atoms with Gasteiger partial charge in [-0.1, -0.05) is 37.3 Å². The molecule has 2 nitrogen and oxygen atoms in total. The molecular formula is C16H19BrN2. The molecule has 0 radical (unpaired) electrons. The van der Waals surface area contributed by atoms with Crippen LogP contribution in [0.5, 0.6) is 0 Å². The molecule has 0 aliphatic rings. The minimum Gasteiger partial charge on any atom is -0.399 e. The molecule has 0 spiro atoms. The lowest BCUT2D eigenvalue weighted by atomic mass is 9.98. The Bertz CT molecular complexity index is 526. The summed E-state index contributed by atoms with van der Waals surface area (Å²) in [7, 11) is 0. The van der Waals surface area contributed by atoms with Crippen LogP contribution in [0, 0.1) is 0 Å². The van der Waals surface area contributed by atoms with Crippen LogP contribution >= 0.6 is 15.9 Å². The second kappa shape index (κ2) is 6.62. The average Bonchev–Trinajstić information content (AvgIpc) is 2.42. The zero-order valence-electron chi connectivity index (χ0n) is 11.1. The number of halogens is 1. The molecule has 2 aromatic carbocycles. The Morgan fingerprint density at radius 1 is 1.16 bits per heavy atom. The van der Waals surface area contributed by atoms with Gasteiger partial charge in [-0.15, -0.1) is 0 Å². The van der Waals surface area contributed by atoms with E-state index < -0.39 is 0 Å². The molecule has 0 saturated heterocycles. The molecule has 0 fully saturated rings. The van der Waals surface area contributed by atoms with Crippen molar-refractivity contribution in [2.24, 2.45) is 0 Å². The van der Waals surface area contributed by atoms with Crippen molar-refractivity contribution in [2.45, 2.75) is 19.3 Å². The van der Waals surface area contributed by atoms with Gasteiger partial charge >= 0.3 is 0 Å². The van der Waals surface area contributed by atoms with Crippen molar-refractivity contribution in [3.8, 4) is 0 Å². The van der Waals surface area contributed by atoms with E-state index >= 15 is 0 Å². The number of hydrogen-bond acceptors (Lipinski definition) is 2. The fourth-order valence-corrected chi connectivity index (χ4v) is 2.58. The van der Waals surface area contributed by atoms with Gasteiger partial charge in [0.15, 0.2) is 0 Å². The molecule has 0 saturated carbocycles. The normalized spacial score (nSPS) is 12.1. The van der Waals surface area contributed by atoms with E-state index in [1.807, 2.05) is 18.2 Å². The van der Waals surface area contributed by atoms with Gasteiger partial charge in [0, 0.05) is 22.4 Å². The summed E-state index contributed by atoms with van der Waals surface area (Å²) in [6.45, 7) is 3.20. The van der Waals surface area contributed by atoms with Gasteiger partial charge in [0.25, 0.3) is 0 Å². The van der Waals surface area contributed by atoms with Crippen molar-refractivity contribution in [1.29, 1.82) is 0 Å². The second-order valence-corrected chi connectivity index (χ2v) is 5.62. The molecule has 3 heteroatoms. The van der Waals surface area contributed by atoms with Gasteiger partial charge in [-0.2, -0.15) is 0 Å². The van der Waals surface area contributed by atoms with Gasteiger partial charge in [-0.25, -0.2) is 0 Å². The number of anilines is 2. The minimum absolute atomic E-state index is 0.557. The first-order chi connectivity index (χ1) is 9.16. The number of hydrogen-bond donors (Lipinski definition) is 2. The van der Waals surface area contributed by atoms with Crippen LogP contribution in [0.2, 0.25) is 0 Å². The standard InChI is InChI=1S/C16H19BrN2/c1-12(13-5-3-2-4-6-13)9-10-19-16-8-7-14(18)11-15(16)17/h2-8,11-12,19H,9-10,18H2,1H3. The summed E-state index contributed by atoms with van der Waals surface area (Å²) in [6.07, 6.45) is 1.10. The smallest absolute Gasteiger partial charge is 0.0486 e. The summed E-state index contributed by atoms with van der Waals surface area (Å²) in [5.74, 6) is 0.557. The molecule has 1 atom stereocenters. The highest BCUT2D eigenvalue weighted by Gasteiger charge is 2.05. The molecule has 0 bridgehead atoms. The van der Waals surface area contributed by atoms with E-state index in [-0.39, 0.29) is 0 Å². The van der Waals surface area contributed by atoms with E-state index in [0.717, 1.165) is 28.8 Å². The Balaban J connectivity index is 1.86. The van der Waals surface area contributed by atoms with Gasteiger partial charge in [-0.3, -0.25) is 0 Å². The summed E-state index contributed by atoms with van der Waals surface area (Å²) in [5, 5.41) is 3.44. The van der Waals surface area contributed by atoms with Crippen molar-refractivity contribution in [3.63, 3.8) is 0 Å². The van der Waals surface area contributed by atoms with Crippen molar-refractivity contribution < 1.29 is 0 Å². The lowest BCUT2D eigenvalue weighted by Gasteiger charge is -2.14. The van der Waals surface area contributed by atoms with Gasteiger partial charge in [-0.05, 0) is 52.0 Å². The van der Waals surface area contributed by atoms with Crippen molar-refractivity contribution in [2.75, 3.05) is 17.6 Å². The molecule has 0 heterocycles. The number of nitrogens with one attached hydrogen (secondary N) is 1. The highest BCUT2D eigenvalue weighted by Crippen LogP contribution is 2.25. The SMILES string of the molecule is CC(CCNc1ccc(N)cc1Br)c1ccccc1. The van der Waals surface area contributed by atoms with Crippen LogP contribution in [0.15, 0.2) is 53.0 Å². The van der Waals surface area contributed by atoms with Crippen LogP contribution < -0.4 is 11.1 Å². The fourth-order valence-electron chi connectivity index (χ4n) is 2.05.